The molecule has 4 amide bonds. The van der Waals surface area contributed by atoms with Gasteiger partial charge in [0.15, 0.2) is 0 Å². The summed E-state index contributed by atoms with van der Waals surface area (Å²) in [6.45, 7) is 3.67. The summed E-state index contributed by atoms with van der Waals surface area (Å²) in [5, 5.41) is 4.37. The number of nitrogens with two attached hydrogens (primary N) is 1. The van der Waals surface area contributed by atoms with E-state index in [0.29, 0.717) is 17.7 Å². The highest BCUT2D eigenvalue weighted by Crippen LogP contribution is 2.26. The van der Waals surface area contributed by atoms with Gasteiger partial charge in [-0.3, -0.25) is 29.6 Å². The van der Waals surface area contributed by atoms with Gasteiger partial charge >= 0.3 is 0 Å². The molecule has 0 aliphatic rings. The number of hydrazine groups is 1. The first-order chi connectivity index (χ1) is 15.2. The standard InChI is InChI=1S/C21H28ClN5O5/c1-12(2)9-15(21(31)26-27(19(29)11-22)8-7-18(23)28)25-20(30)16-10-13-14(24-16)5-4-6-17(13)32-3/h4-6,10,12,15,24H,7-9,11H2,1-3H3,(H2,23,28)(H,25,30)(H,26,31). The van der Waals surface area contributed by atoms with Gasteiger partial charge in [-0.1, -0.05) is 19.9 Å². The number of amides is 4. The molecule has 1 heterocycles. The smallest absolute Gasteiger partial charge is 0.268 e. The van der Waals surface area contributed by atoms with Gasteiger partial charge in [0.05, 0.1) is 13.7 Å². The van der Waals surface area contributed by atoms with Gasteiger partial charge in [-0.25, -0.2) is 0 Å². The number of aromatic nitrogens is 1. The van der Waals surface area contributed by atoms with Crippen LogP contribution >= 0.6 is 11.6 Å². The zero-order chi connectivity index (χ0) is 23.8. The number of ether oxygens (including phenoxy) is 1. The molecule has 0 fully saturated rings. The topological polar surface area (TPSA) is 147 Å². The van der Waals surface area contributed by atoms with E-state index in [1.807, 2.05) is 13.8 Å². The maximum atomic E-state index is 12.9. The SMILES string of the molecule is COc1cccc2[nH]c(C(=O)NC(CC(C)C)C(=O)NN(CCC(N)=O)C(=O)CCl)cc12. The van der Waals surface area contributed by atoms with Gasteiger partial charge in [-0.05, 0) is 30.5 Å². The third-order valence-electron chi connectivity index (χ3n) is 4.66. The molecule has 32 heavy (non-hydrogen) atoms. The van der Waals surface area contributed by atoms with Crippen LogP contribution in [0.15, 0.2) is 24.3 Å². The Morgan fingerprint density at radius 1 is 1.25 bits per heavy atom. The molecule has 0 saturated carbocycles. The number of halogens is 1. The van der Waals surface area contributed by atoms with Crippen LogP contribution in [0.3, 0.4) is 0 Å². The van der Waals surface area contributed by atoms with E-state index in [1.54, 1.807) is 24.3 Å². The lowest BCUT2D eigenvalue weighted by molar-refractivity contribution is -0.141. The first-order valence-corrected chi connectivity index (χ1v) is 10.6. The lowest BCUT2D eigenvalue weighted by Gasteiger charge is -2.26. The van der Waals surface area contributed by atoms with Crippen LogP contribution in [0.25, 0.3) is 10.9 Å². The fourth-order valence-electron chi connectivity index (χ4n) is 3.11. The third-order valence-corrected chi connectivity index (χ3v) is 4.89. The Kier molecular flexibility index (Phi) is 8.89. The number of nitrogens with one attached hydrogen (secondary N) is 3. The predicted octanol–water partition coefficient (Wildman–Crippen LogP) is 1.30. The highest BCUT2D eigenvalue weighted by molar-refractivity contribution is 6.27. The van der Waals surface area contributed by atoms with Crippen LogP contribution < -0.4 is 21.2 Å². The van der Waals surface area contributed by atoms with E-state index >= 15 is 0 Å². The molecule has 11 heteroatoms. The minimum absolute atomic E-state index is 0.0663. The molecule has 5 N–H and O–H groups in total. The lowest BCUT2D eigenvalue weighted by Crippen LogP contribution is -2.55. The summed E-state index contributed by atoms with van der Waals surface area (Å²) in [6, 6.07) is 6.09. The molecule has 1 atom stereocenters. The van der Waals surface area contributed by atoms with Gasteiger partial charge in [0.25, 0.3) is 17.7 Å². The monoisotopic (exact) mass is 465 g/mol. The van der Waals surface area contributed by atoms with Crippen molar-refractivity contribution in [3.63, 3.8) is 0 Å². The Bertz CT molecular complexity index is 990. The second-order valence-corrected chi connectivity index (χ2v) is 7.90. The molecule has 1 aromatic carbocycles. The molecule has 0 radical (unpaired) electrons. The van der Waals surface area contributed by atoms with Crippen molar-refractivity contribution in [1.29, 1.82) is 0 Å². The fraction of sp³-hybridized carbons (Fsp3) is 0.429. The summed E-state index contributed by atoms with van der Waals surface area (Å²) in [4.78, 5) is 51.9. The molecule has 0 saturated heterocycles. The first-order valence-electron chi connectivity index (χ1n) is 10.1. The van der Waals surface area contributed by atoms with Crippen molar-refractivity contribution >= 4 is 46.1 Å². The Hall–Kier alpha value is -3.27. The molecular formula is C21H28ClN5O5. The number of alkyl halides is 1. The van der Waals surface area contributed by atoms with Gasteiger partial charge in [-0.15, -0.1) is 11.6 Å². The predicted molar refractivity (Wildman–Crippen MR) is 120 cm³/mol. The van der Waals surface area contributed by atoms with Crippen molar-refractivity contribution in [3.05, 3.63) is 30.0 Å². The van der Waals surface area contributed by atoms with Crippen LogP contribution in [0.4, 0.5) is 0 Å². The van der Waals surface area contributed by atoms with Crippen molar-refractivity contribution in [2.24, 2.45) is 11.7 Å². The minimum atomic E-state index is -0.935. The second kappa shape index (κ2) is 11.4. The number of benzene rings is 1. The largest absolute Gasteiger partial charge is 0.496 e. The summed E-state index contributed by atoms with van der Waals surface area (Å²) in [5.41, 5.74) is 8.54. The fourth-order valence-corrected chi connectivity index (χ4v) is 3.26. The summed E-state index contributed by atoms with van der Waals surface area (Å²) in [7, 11) is 1.54. The highest BCUT2D eigenvalue weighted by Gasteiger charge is 2.26. The van der Waals surface area contributed by atoms with Crippen LogP contribution in [0.1, 0.15) is 37.2 Å². The van der Waals surface area contributed by atoms with E-state index in [1.165, 1.54) is 7.11 Å². The maximum Gasteiger partial charge on any atom is 0.268 e. The second-order valence-electron chi connectivity index (χ2n) is 7.63. The zero-order valence-electron chi connectivity index (χ0n) is 18.2. The number of methoxy groups -OCH3 is 1. The van der Waals surface area contributed by atoms with E-state index in [9.17, 15) is 19.2 Å². The molecule has 2 rings (SSSR count). The average Bonchev–Trinajstić information content (AvgIpc) is 3.19. The van der Waals surface area contributed by atoms with Crippen LogP contribution in [0, 0.1) is 5.92 Å². The number of rotatable bonds is 10. The Morgan fingerprint density at radius 3 is 2.56 bits per heavy atom. The molecule has 10 nitrogen and oxygen atoms in total. The molecule has 0 bridgehead atoms. The van der Waals surface area contributed by atoms with Gasteiger partial charge in [0, 0.05) is 17.3 Å². The molecule has 174 valence electrons. The van der Waals surface area contributed by atoms with Crippen molar-refractivity contribution in [3.8, 4) is 5.75 Å². The molecule has 1 aromatic heterocycles. The molecule has 0 aliphatic heterocycles. The van der Waals surface area contributed by atoms with Gasteiger partial charge < -0.3 is 20.8 Å². The van der Waals surface area contributed by atoms with Gasteiger partial charge in [-0.2, -0.15) is 0 Å². The minimum Gasteiger partial charge on any atom is -0.496 e. The molecule has 1 unspecified atom stereocenters. The van der Waals surface area contributed by atoms with Gasteiger partial charge in [0.1, 0.15) is 23.4 Å². The Balaban J connectivity index is 2.19. The van der Waals surface area contributed by atoms with E-state index in [-0.39, 0.29) is 24.6 Å². The summed E-state index contributed by atoms with van der Waals surface area (Å²) in [6.07, 6.45) is 0.168. The summed E-state index contributed by atoms with van der Waals surface area (Å²) in [5.74, 6) is -2.04. The highest BCUT2D eigenvalue weighted by atomic mass is 35.5. The van der Waals surface area contributed by atoms with E-state index in [4.69, 9.17) is 22.1 Å². The number of hydrogen-bond acceptors (Lipinski definition) is 5. The van der Waals surface area contributed by atoms with Crippen molar-refractivity contribution < 1.29 is 23.9 Å². The van der Waals surface area contributed by atoms with Crippen LogP contribution in [-0.2, 0) is 14.4 Å². The van der Waals surface area contributed by atoms with E-state index in [0.717, 1.165) is 10.4 Å². The first kappa shape index (κ1) is 25.0. The third kappa shape index (κ3) is 6.61. The Morgan fingerprint density at radius 2 is 1.97 bits per heavy atom. The number of carbonyl (C=O) groups excluding carboxylic acids is 4. The van der Waals surface area contributed by atoms with Crippen molar-refractivity contribution in [1.82, 2.24) is 20.7 Å². The van der Waals surface area contributed by atoms with Crippen molar-refractivity contribution in [2.45, 2.75) is 32.7 Å². The summed E-state index contributed by atoms with van der Waals surface area (Å²) < 4.78 is 5.31. The number of nitrogens with zero attached hydrogens (tertiary/aromatic N) is 1. The normalized spacial score (nSPS) is 11.8. The maximum absolute atomic E-state index is 12.9. The van der Waals surface area contributed by atoms with Crippen LogP contribution in [-0.4, -0.2) is 59.2 Å². The van der Waals surface area contributed by atoms with E-state index < -0.39 is 35.6 Å². The molecule has 0 spiro atoms. The molecular weight excluding hydrogens is 438 g/mol. The Labute approximate surface area is 190 Å². The number of fused-ring (bicyclic) bond motifs is 1. The number of H-pyrrole nitrogens is 1. The zero-order valence-corrected chi connectivity index (χ0v) is 19.0. The summed E-state index contributed by atoms with van der Waals surface area (Å²) >= 11 is 5.59. The van der Waals surface area contributed by atoms with Crippen LogP contribution in [0.5, 0.6) is 5.75 Å². The van der Waals surface area contributed by atoms with Crippen molar-refractivity contribution in [2.75, 3.05) is 19.5 Å². The number of primary amides is 1. The van der Waals surface area contributed by atoms with E-state index in [2.05, 4.69) is 15.7 Å². The number of aromatic amines is 1. The van der Waals surface area contributed by atoms with Gasteiger partial charge in [0.2, 0.25) is 5.91 Å². The number of carbonyl (C=O) groups is 4. The number of hydrogen-bond donors (Lipinski definition) is 4. The molecule has 0 aliphatic carbocycles. The molecule has 2 aromatic rings. The average molecular weight is 466 g/mol. The quantitative estimate of drug-likeness (QED) is 0.308. The van der Waals surface area contributed by atoms with Crippen LogP contribution in [0.2, 0.25) is 0 Å². The lowest BCUT2D eigenvalue weighted by atomic mass is 10.0.